The van der Waals surface area contributed by atoms with E-state index in [2.05, 4.69) is 21.2 Å². The fourth-order valence-electron chi connectivity index (χ4n) is 1.73. The minimum Gasteiger partial charge on any atom is -0.355 e. The SMILES string of the molecule is CCCNC(=O)CN(C)C(=O)CN(C)Cc1ccc(Br)s1. The van der Waals surface area contributed by atoms with Gasteiger partial charge in [0.25, 0.3) is 0 Å². The molecular formula is C14H22BrN3O2S. The first kappa shape index (κ1) is 18.1. The average Bonchev–Trinajstić information content (AvgIpc) is 2.81. The zero-order chi connectivity index (χ0) is 15.8. The van der Waals surface area contributed by atoms with Gasteiger partial charge in [0, 0.05) is 25.0 Å². The Labute approximate surface area is 138 Å². The van der Waals surface area contributed by atoms with E-state index in [1.165, 1.54) is 9.78 Å². The van der Waals surface area contributed by atoms with E-state index in [9.17, 15) is 9.59 Å². The molecule has 0 aliphatic heterocycles. The highest BCUT2D eigenvalue weighted by atomic mass is 79.9. The highest BCUT2D eigenvalue weighted by molar-refractivity contribution is 9.11. The zero-order valence-corrected chi connectivity index (χ0v) is 15.1. The van der Waals surface area contributed by atoms with Crippen LogP contribution in [0.5, 0.6) is 0 Å². The lowest BCUT2D eigenvalue weighted by Crippen LogP contribution is -2.42. The second-order valence-electron chi connectivity index (χ2n) is 4.98. The molecule has 1 N–H and O–H groups in total. The molecule has 2 amide bonds. The van der Waals surface area contributed by atoms with Gasteiger partial charge in [-0.2, -0.15) is 0 Å². The van der Waals surface area contributed by atoms with Crippen LogP contribution in [-0.4, -0.2) is 55.3 Å². The molecule has 5 nitrogen and oxygen atoms in total. The maximum Gasteiger partial charge on any atom is 0.239 e. The second-order valence-corrected chi connectivity index (χ2v) is 7.53. The Kier molecular flexibility index (Phi) is 7.92. The summed E-state index contributed by atoms with van der Waals surface area (Å²) in [5, 5.41) is 2.76. The van der Waals surface area contributed by atoms with Crippen LogP contribution in [0.4, 0.5) is 0 Å². The third-order valence-corrected chi connectivity index (χ3v) is 4.45. The Balaban J connectivity index is 2.35. The summed E-state index contributed by atoms with van der Waals surface area (Å²) in [6.07, 6.45) is 0.891. The van der Waals surface area contributed by atoms with E-state index < -0.39 is 0 Å². The largest absolute Gasteiger partial charge is 0.355 e. The Bertz CT molecular complexity index is 479. The highest BCUT2D eigenvalue weighted by Crippen LogP contribution is 2.22. The van der Waals surface area contributed by atoms with Gasteiger partial charge in [0.2, 0.25) is 11.8 Å². The topological polar surface area (TPSA) is 52.7 Å². The number of carbonyl (C=O) groups excluding carboxylic acids is 2. The summed E-state index contributed by atoms with van der Waals surface area (Å²) in [5.41, 5.74) is 0. The van der Waals surface area contributed by atoms with E-state index in [1.807, 2.05) is 31.0 Å². The number of likely N-dealkylation sites (N-methyl/N-ethyl adjacent to an activating group) is 2. The van der Waals surface area contributed by atoms with Crippen molar-refractivity contribution in [2.24, 2.45) is 0 Å². The van der Waals surface area contributed by atoms with Crippen LogP contribution in [0.1, 0.15) is 18.2 Å². The quantitative estimate of drug-likeness (QED) is 0.754. The number of carbonyl (C=O) groups is 2. The summed E-state index contributed by atoms with van der Waals surface area (Å²) >= 11 is 5.08. The van der Waals surface area contributed by atoms with Crippen molar-refractivity contribution < 1.29 is 9.59 Å². The molecule has 0 fully saturated rings. The molecule has 0 atom stereocenters. The number of thiophene rings is 1. The predicted molar refractivity (Wildman–Crippen MR) is 89.3 cm³/mol. The van der Waals surface area contributed by atoms with Gasteiger partial charge in [0.1, 0.15) is 0 Å². The van der Waals surface area contributed by atoms with Crippen molar-refractivity contribution in [3.63, 3.8) is 0 Å². The number of rotatable bonds is 8. The van der Waals surface area contributed by atoms with E-state index in [1.54, 1.807) is 18.4 Å². The van der Waals surface area contributed by atoms with Crippen LogP contribution in [0.15, 0.2) is 15.9 Å². The molecule has 0 radical (unpaired) electrons. The van der Waals surface area contributed by atoms with E-state index in [4.69, 9.17) is 0 Å². The van der Waals surface area contributed by atoms with Gasteiger partial charge in [-0.05, 0) is 41.5 Å². The van der Waals surface area contributed by atoms with Crippen LogP contribution < -0.4 is 5.32 Å². The van der Waals surface area contributed by atoms with Crippen molar-refractivity contribution in [2.45, 2.75) is 19.9 Å². The fraction of sp³-hybridized carbons (Fsp3) is 0.571. The van der Waals surface area contributed by atoms with E-state index >= 15 is 0 Å². The summed E-state index contributed by atoms with van der Waals surface area (Å²) in [6.45, 7) is 3.77. The van der Waals surface area contributed by atoms with Gasteiger partial charge in [0.05, 0.1) is 16.9 Å². The Morgan fingerprint density at radius 1 is 1.29 bits per heavy atom. The number of amides is 2. The van der Waals surface area contributed by atoms with Gasteiger partial charge in [-0.15, -0.1) is 11.3 Å². The van der Waals surface area contributed by atoms with Crippen LogP contribution >= 0.6 is 27.3 Å². The van der Waals surface area contributed by atoms with Crippen LogP contribution in [0, 0.1) is 0 Å². The number of nitrogens with zero attached hydrogens (tertiary/aromatic N) is 2. The minimum absolute atomic E-state index is 0.0558. The number of halogens is 1. The number of hydrogen-bond acceptors (Lipinski definition) is 4. The smallest absolute Gasteiger partial charge is 0.239 e. The van der Waals surface area contributed by atoms with E-state index in [-0.39, 0.29) is 18.4 Å². The van der Waals surface area contributed by atoms with Gasteiger partial charge < -0.3 is 10.2 Å². The fourth-order valence-corrected chi connectivity index (χ4v) is 3.30. The van der Waals surface area contributed by atoms with Crippen LogP contribution in [0.2, 0.25) is 0 Å². The molecule has 7 heteroatoms. The molecule has 0 bridgehead atoms. The predicted octanol–water partition coefficient (Wildman–Crippen LogP) is 1.93. The lowest BCUT2D eigenvalue weighted by Gasteiger charge is -2.21. The van der Waals surface area contributed by atoms with Crippen LogP contribution in [-0.2, 0) is 16.1 Å². The number of hydrogen-bond donors (Lipinski definition) is 1. The Morgan fingerprint density at radius 2 is 2.00 bits per heavy atom. The lowest BCUT2D eigenvalue weighted by atomic mass is 10.4. The molecule has 0 unspecified atom stereocenters. The summed E-state index contributed by atoms with van der Waals surface area (Å²) in [6, 6.07) is 4.04. The van der Waals surface area contributed by atoms with Crippen molar-refractivity contribution >= 4 is 39.1 Å². The van der Waals surface area contributed by atoms with Crippen LogP contribution in [0.3, 0.4) is 0 Å². The molecule has 0 spiro atoms. The summed E-state index contributed by atoms with van der Waals surface area (Å²) in [4.78, 5) is 28.2. The maximum absolute atomic E-state index is 12.1. The summed E-state index contributed by atoms with van der Waals surface area (Å²) < 4.78 is 1.09. The maximum atomic E-state index is 12.1. The zero-order valence-electron chi connectivity index (χ0n) is 12.7. The summed E-state index contributed by atoms with van der Waals surface area (Å²) in [7, 11) is 3.56. The third kappa shape index (κ3) is 7.06. The molecule has 0 saturated carbocycles. The number of nitrogens with one attached hydrogen (secondary N) is 1. The van der Waals surface area contributed by atoms with Gasteiger partial charge >= 0.3 is 0 Å². The molecule has 1 aromatic rings. The standard InChI is InChI=1S/C14H22BrN3O2S/c1-4-7-16-13(19)9-18(3)14(20)10-17(2)8-11-5-6-12(15)21-11/h5-6H,4,7-10H2,1-3H3,(H,16,19). The molecule has 0 saturated heterocycles. The first-order chi connectivity index (χ1) is 9.92. The monoisotopic (exact) mass is 375 g/mol. The van der Waals surface area contributed by atoms with Crippen LogP contribution in [0.25, 0.3) is 0 Å². The van der Waals surface area contributed by atoms with E-state index in [0.29, 0.717) is 13.1 Å². The first-order valence-electron chi connectivity index (χ1n) is 6.85. The lowest BCUT2D eigenvalue weighted by molar-refractivity contribution is -0.135. The molecule has 0 aliphatic rings. The van der Waals surface area contributed by atoms with Gasteiger partial charge in [-0.1, -0.05) is 6.92 Å². The summed E-state index contributed by atoms with van der Waals surface area (Å²) in [5.74, 6) is -0.169. The van der Waals surface area contributed by atoms with E-state index in [0.717, 1.165) is 16.8 Å². The Hall–Kier alpha value is -0.920. The van der Waals surface area contributed by atoms with Gasteiger partial charge in [-0.3, -0.25) is 14.5 Å². The average molecular weight is 376 g/mol. The van der Waals surface area contributed by atoms with Crippen molar-refractivity contribution in [1.29, 1.82) is 0 Å². The van der Waals surface area contributed by atoms with Crippen molar-refractivity contribution in [3.8, 4) is 0 Å². The molecule has 0 aromatic carbocycles. The molecule has 1 rings (SSSR count). The molecule has 1 heterocycles. The normalized spacial score (nSPS) is 10.7. The molecule has 118 valence electrons. The highest BCUT2D eigenvalue weighted by Gasteiger charge is 2.15. The molecular weight excluding hydrogens is 354 g/mol. The second kappa shape index (κ2) is 9.17. The van der Waals surface area contributed by atoms with Crippen molar-refractivity contribution in [1.82, 2.24) is 15.1 Å². The third-order valence-electron chi connectivity index (χ3n) is 2.84. The Morgan fingerprint density at radius 3 is 2.57 bits per heavy atom. The van der Waals surface area contributed by atoms with Crippen molar-refractivity contribution in [2.75, 3.05) is 33.7 Å². The molecule has 21 heavy (non-hydrogen) atoms. The molecule has 1 aromatic heterocycles. The first-order valence-corrected chi connectivity index (χ1v) is 8.46. The molecule has 0 aliphatic carbocycles. The van der Waals surface area contributed by atoms with Gasteiger partial charge in [0.15, 0.2) is 0 Å². The van der Waals surface area contributed by atoms with Gasteiger partial charge in [-0.25, -0.2) is 0 Å². The minimum atomic E-state index is -0.113. The van der Waals surface area contributed by atoms with Crippen molar-refractivity contribution in [3.05, 3.63) is 20.8 Å².